The van der Waals surface area contributed by atoms with Gasteiger partial charge in [0.2, 0.25) is 23.6 Å². The second-order valence-electron chi connectivity index (χ2n) is 9.38. The number of amides is 4. The highest BCUT2D eigenvalue weighted by Crippen LogP contribution is 2.58. The maximum atomic E-state index is 13.3. The molecule has 3 fully saturated rings. The summed E-state index contributed by atoms with van der Waals surface area (Å²) in [5.74, 6) is -3.43. The molecule has 0 aromatic heterocycles. The molecule has 4 amide bonds. The van der Waals surface area contributed by atoms with Crippen LogP contribution in [-0.4, -0.2) is 51.6 Å². The summed E-state index contributed by atoms with van der Waals surface area (Å²) in [7, 11) is 0. The Labute approximate surface area is 187 Å². The van der Waals surface area contributed by atoms with Crippen LogP contribution in [0.2, 0.25) is 0 Å². The van der Waals surface area contributed by atoms with Gasteiger partial charge in [-0.05, 0) is 45.1 Å². The third kappa shape index (κ3) is 2.60. The molecule has 1 aromatic carbocycles. The van der Waals surface area contributed by atoms with Crippen LogP contribution in [0.5, 0.6) is 5.75 Å². The summed E-state index contributed by atoms with van der Waals surface area (Å²) in [5, 5.41) is 10.9. The van der Waals surface area contributed by atoms with Crippen molar-refractivity contribution in [2.75, 3.05) is 13.1 Å². The molecule has 168 valence electrons. The monoisotopic (exact) mass is 436 g/mol. The molecule has 5 rings (SSSR count). The number of benzene rings is 1. The fraction of sp³-hybridized carbons (Fsp3) is 0.520. The maximum absolute atomic E-state index is 13.3. The lowest BCUT2D eigenvalue weighted by atomic mass is 9.57. The number of likely N-dealkylation sites (tertiary alicyclic amines) is 2. The van der Waals surface area contributed by atoms with E-state index in [1.165, 1.54) is 9.80 Å². The van der Waals surface area contributed by atoms with Crippen LogP contribution in [0.1, 0.15) is 43.7 Å². The Hall–Kier alpha value is -2.96. The molecule has 2 aliphatic carbocycles. The number of carbonyl (C=O) groups excluding carboxylic acids is 4. The number of fused-ring (bicyclic) bond motifs is 4. The second kappa shape index (κ2) is 7.29. The van der Waals surface area contributed by atoms with Gasteiger partial charge in [-0.15, -0.1) is 0 Å². The van der Waals surface area contributed by atoms with E-state index >= 15 is 0 Å². The number of aryl methyl sites for hydroxylation is 1. The quantitative estimate of drug-likeness (QED) is 0.580. The van der Waals surface area contributed by atoms with E-state index in [0.717, 1.165) is 5.57 Å². The van der Waals surface area contributed by atoms with Crippen molar-refractivity contribution >= 4 is 23.6 Å². The Morgan fingerprint density at radius 3 is 2.16 bits per heavy atom. The standard InChI is InChI=1S/C25H28N2O5/c1-4-26-22(29)15-10-9-13-16(19(15)24(26)31)11-17-20(25(32)27(5-2)23(17)30)18(13)14-8-6-7-12(3)21(14)28/h6-9,15-20,28H,4-5,10-11H2,1-3H3/t15-,16+,17+,18+,19-,20+/m0/s1. The fourth-order valence-corrected chi connectivity index (χ4v) is 6.62. The lowest BCUT2D eigenvalue weighted by Gasteiger charge is -2.44. The second-order valence-corrected chi connectivity index (χ2v) is 9.38. The number of phenolic OH excluding ortho intramolecular Hbond substituents is 1. The molecule has 0 radical (unpaired) electrons. The number of carbonyl (C=O) groups is 4. The highest BCUT2D eigenvalue weighted by molar-refractivity contribution is 6.08. The van der Waals surface area contributed by atoms with Crippen LogP contribution in [0, 0.1) is 36.5 Å². The Bertz CT molecular complexity index is 1080. The van der Waals surface area contributed by atoms with Gasteiger partial charge in [-0.25, -0.2) is 0 Å². The van der Waals surface area contributed by atoms with Crippen molar-refractivity contribution in [2.24, 2.45) is 29.6 Å². The van der Waals surface area contributed by atoms with E-state index < -0.39 is 29.6 Å². The van der Waals surface area contributed by atoms with E-state index in [4.69, 9.17) is 0 Å². The SMILES string of the molecule is CCN1C(=O)[C@H]2[C@H](CC=C3[C@H]2C[C@H]2C(=O)N(CC)C(=O)[C@H]2[C@H]3c2cccc(C)c2O)C1=O. The average molecular weight is 437 g/mol. The van der Waals surface area contributed by atoms with Gasteiger partial charge in [-0.1, -0.05) is 29.8 Å². The summed E-state index contributed by atoms with van der Waals surface area (Å²) in [6.45, 7) is 6.02. The van der Waals surface area contributed by atoms with Gasteiger partial charge in [0.25, 0.3) is 0 Å². The van der Waals surface area contributed by atoms with E-state index in [9.17, 15) is 24.3 Å². The summed E-state index contributed by atoms with van der Waals surface area (Å²) in [6.07, 6.45) is 2.83. The predicted octanol–water partition coefficient (Wildman–Crippen LogP) is 2.38. The zero-order valence-corrected chi connectivity index (χ0v) is 18.6. The highest BCUT2D eigenvalue weighted by atomic mass is 16.3. The van der Waals surface area contributed by atoms with Crippen LogP contribution in [0.15, 0.2) is 29.8 Å². The molecular formula is C25H28N2O5. The van der Waals surface area contributed by atoms with Gasteiger partial charge in [0.05, 0.1) is 23.7 Å². The first-order valence-electron chi connectivity index (χ1n) is 11.5. The van der Waals surface area contributed by atoms with Gasteiger partial charge in [0, 0.05) is 24.6 Å². The molecule has 2 saturated heterocycles. The largest absolute Gasteiger partial charge is 0.507 e. The van der Waals surface area contributed by atoms with Crippen molar-refractivity contribution in [3.63, 3.8) is 0 Å². The minimum atomic E-state index is -0.594. The van der Waals surface area contributed by atoms with Crippen molar-refractivity contribution < 1.29 is 24.3 Å². The molecule has 7 heteroatoms. The van der Waals surface area contributed by atoms with E-state index in [1.807, 2.05) is 18.2 Å². The van der Waals surface area contributed by atoms with Gasteiger partial charge in [-0.3, -0.25) is 29.0 Å². The smallest absolute Gasteiger partial charge is 0.234 e. The third-order valence-electron chi connectivity index (χ3n) is 8.07. The number of allylic oxidation sites excluding steroid dienone is 2. The molecule has 7 nitrogen and oxygen atoms in total. The summed E-state index contributed by atoms with van der Waals surface area (Å²) in [4.78, 5) is 55.3. The zero-order chi connectivity index (χ0) is 22.9. The number of imide groups is 2. The van der Waals surface area contributed by atoms with Crippen molar-refractivity contribution in [3.8, 4) is 5.75 Å². The molecule has 4 aliphatic rings. The topological polar surface area (TPSA) is 95.0 Å². The molecule has 0 bridgehead atoms. The summed E-state index contributed by atoms with van der Waals surface area (Å²) in [6, 6.07) is 5.46. The number of aromatic hydroxyl groups is 1. The summed E-state index contributed by atoms with van der Waals surface area (Å²) < 4.78 is 0. The molecule has 2 aliphatic heterocycles. The van der Waals surface area contributed by atoms with Crippen LogP contribution in [0.3, 0.4) is 0 Å². The Morgan fingerprint density at radius 1 is 0.875 bits per heavy atom. The molecular weight excluding hydrogens is 408 g/mol. The van der Waals surface area contributed by atoms with E-state index in [2.05, 4.69) is 0 Å². The fourth-order valence-electron chi connectivity index (χ4n) is 6.62. The first-order chi connectivity index (χ1) is 15.3. The van der Waals surface area contributed by atoms with E-state index in [1.54, 1.807) is 26.8 Å². The van der Waals surface area contributed by atoms with Gasteiger partial charge >= 0.3 is 0 Å². The Balaban J connectivity index is 1.67. The molecule has 1 N–H and O–H groups in total. The van der Waals surface area contributed by atoms with E-state index in [-0.39, 0.29) is 35.3 Å². The minimum absolute atomic E-state index is 0.124. The number of hydrogen-bond donors (Lipinski definition) is 1. The normalized spacial score (nSPS) is 33.9. The number of nitrogens with zero attached hydrogens (tertiary/aromatic N) is 2. The number of phenols is 1. The zero-order valence-electron chi connectivity index (χ0n) is 18.6. The van der Waals surface area contributed by atoms with Crippen molar-refractivity contribution in [1.82, 2.24) is 9.80 Å². The molecule has 0 spiro atoms. The number of rotatable bonds is 3. The Kier molecular flexibility index (Phi) is 4.76. The van der Waals surface area contributed by atoms with Crippen LogP contribution in [0.25, 0.3) is 0 Å². The minimum Gasteiger partial charge on any atom is -0.507 e. The molecule has 6 atom stereocenters. The van der Waals surface area contributed by atoms with Crippen molar-refractivity contribution in [3.05, 3.63) is 41.0 Å². The molecule has 32 heavy (non-hydrogen) atoms. The molecule has 1 aromatic rings. The molecule has 1 saturated carbocycles. The summed E-state index contributed by atoms with van der Waals surface area (Å²) >= 11 is 0. The molecule has 0 unspecified atom stereocenters. The van der Waals surface area contributed by atoms with Gasteiger partial charge < -0.3 is 5.11 Å². The van der Waals surface area contributed by atoms with Gasteiger partial charge in [0.1, 0.15) is 5.75 Å². The van der Waals surface area contributed by atoms with Crippen molar-refractivity contribution in [2.45, 2.75) is 39.5 Å². The van der Waals surface area contributed by atoms with Crippen LogP contribution >= 0.6 is 0 Å². The van der Waals surface area contributed by atoms with E-state index in [0.29, 0.717) is 37.1 Å². The third-order valence-corrected chi connectivity index (χ3v) is 8.07. The predicted molar refractivity (Wildman–Crippen MR) is 115 cm³/mol. The number of hydrogen-bond acceptors (Lipinski definition) is 5. The van der Waals surface area contributed by atoms with Crippen LogP contribution in [0.4, 0.5) is 0 Å². The first kappa shape index (κ1) is 20.9. The summed E-state index contributed by atoms with van der Waals surface area (Å²) in [5.41, 5.74) is 2.24. The number of para-hydroxylation sites is 1. The first-order valence-corrected chi connectivity index (χ1v) is 11.5. The van der Waals surface area contributed by atoms with Crippen LogP contribution < -0.4 is 0 Å². The maximum Gasteiger partial charge on any atom is 0.234 e. The average Bonchev–Trinajstić information content (AvgIpc) is 3.17. The Morgan fingerprint density at radius 2 is 1.50 bits per heavy atom. The van der Waals surface area contributed by atoms with Gasteiger partial charge in [0.15, 0.2) is 0 Å². The highest BCUT2D eigenvalue weighted by Gasteiger charge is 2.61. The molecule has 2 heterocycles. The lowest BCUT2D eigenvalue weighted by Crippen LogP contribution is -2.43. The van der Waals surface area contributed by atoms with Gasteiger partial charge in [-0.2, -0.15) is 0 Å². The van der Waals surface area contributed by atoms with Crippen LogP contribution in [-0.2, 0) is 19.2 Å². The lowest BCUT2D eigenvalue weighted by molar-refractivity contribution is -0.141. The van der Waals surface area contributed by atoms with Crippen molar-refractivity contribution in [1.29, 1.82) is 0 Å².